The first-order chi connectivity index (χ1) is 17.1. The number of rotatable bonds is 7. The van der Waals surface area contributed by atoms with E-state index >= 15 is 0 Å². The van der Waals surface area contributed by atoms with Crippen LogP contribution in [0.3, 0.4) is 0 Å². The maximum atomic E-state index is 6.22. The lowest BCUT2D eigenvalue weighted by molar-refractivity contribution is 0.548. The number of anilines is 1. The van der Waals surface area contributed by atoms with Crippen LogP contribution in [-0.2, 0) is 0 Å². The molecule has 0 amide bonds. The third-order valence-corrected chi connectivity index (χ3v) is 7.36. The molecule has 0 aliphatic carbocycles. The van der Waals surface area contributed by atoms with Crippen molar-refractivity contribution in [3.63, 3.8) is 0 Å². The molecular formula is C33H30ClN. The molecule has 0 N–H and O–H groups in total. The molecule has 0 aliphatic heterocycles. The van der Waals surface area contributed by atoms with E-state index < -0.39 is 0 Å². The third-order valence-electron chi connectivity index (χ3n) is 7.11. The number of benzene rings is 5. The minimum atomic E-state index is 0.290. The van der Waals surface area contributed by atoms with Gasteiger partial charge in [0, 0.05) is 29.7 Å². The fourth-order valence-corrected chi connectivity index (χ4v) is 5.01. The summed E-state index contributed by atoms with van der Waals surface area (Å²) < 4.78 is 0. The van der Waals surface area contributed by atoms with Crippen molar-refractivity contribution in [3.05, 3.63) is 131 Å². The quantitative estimate of drug-likeness (QED) is 0.226. The normalized spacial score (nSPS) is 13.3. The average molecular weight is 476 g/mol. The molecule has 0 aromatic heterocycles. The van der Waals surface area contributed by atoms with Gasteiger partial charge in [0.1, 0.15) is 0 Å². The van der Waals surface area contributed by atoms with E-state index in [-0.39, 0.29) is 0 Å². The van der Waals surface area contributed by atoms with Crippen molar-refractivity contribution < 1.29 is 0 Å². The highest BCUT2D eigenvalue weighted by atomic mass is 35.5. The Morgan fingerprint density at radius 3 is 2.00 bits per heavy atom. The van der Waals surface area contributed by atoms with Crippen LogP contribution in [0, 0.1) is 0 Å². The van der Waals surface area contributed by atoms with Crippen molar-refractivity contribution >= 4 is 44.9 Å². The second-order valence-corrected chi connectivity index (χ2v) is 9.72. The minimum absolute atomic E-state index is 0.290. The van der Waals surface area contributed by atoms with Crippen LogP contribution in [0.25, 0.3) is 27.6 Å². The minimum Gasteiger partial charge on any atom is -0.371 e. The first kappa shape index (κ1) is 23.2. The highest BCUT2D eigenvalue weighted by Crippen LogP contribution is 2.32. The first-order valence-electron chi connectivity index (χ1n) is 12.2. The molecule has 0 spiro atoms. The monoisotopic (exact) mass is 475 g/mol. The van der Waals surface area contributed by atoms with Crippen molar-refractivity contribution in [2.75, 3.05) is 11.9 Å². The van der Waals surface area contributed by atoms with E-state index in [1.807, 2.05) is 12.1 Å². The average Bonchev–Trinajstić information content (AvgIpc) is 2.90. The number of likely N-dealkylation sites (N-methyl/N-ethyl adjacent to an activating group) is 1. The summed E-state index contributed by atoms with van der Waals surface area (Å²) in [6, 6.07) is 39.0. The van der Waals surface area contributed by atoms with Crippen LogP contribution in [0.2, 0.25) is 5.02 Å². The number of halogens is 1. The summed E-state index contributed by atoms with van der Waals surface area (Å²) in [6.45, 7) is 2.32. The van der Waals surface area contributed by atoms with E-state index in [0.717, 1.165) is 11.4 Å². The van der Waals surface area contributed by atoms with Crippen molar-refractivity contribution in [2.45, 2.75) is 25.3 Å². The van der Waals surface area contributed by atoms with E-state index in [9.17, 15) is 0 Å². The molecular weight excluding hydrogens is 446 g/mol. The van der Waals surface area contributed by atoms with E-state index in [4.69, 9.17) is 11.6 Å². The molecule has 0 saturated carbocycles. The lowest BCUT2D eigenvalue weighted by atomic mass is 9.88. The van der Waals surface area contributed by atoms with Gasteiger partial charge in [-0.2, -0.15) is 0 Å². The number of hydrogen-bond donors (Lipinski definition) is 0. The maximum absolute atomic E-state index is 6.22. The molecule has 0 bridgehead atoms. The first-order valence-corrected chi connectivity index (χ1v) is 12.6. The maximum Gasteiger partial charge on any atom is 0.0406 e. The fraction of sp³-hybridized carbons (Fsp3) is 0.152. The van der Waals surface area contributed by atoms with Gasteiger partial charge in [0.25, 0.3) is 0 Å². The van der Waals surface area contributed by atoms with Gasteiger partial charge in [-0.25, -0.2) is 0 Å². The molecule has 2 heteroatoms. The van der Waals surface area contributed by atoms with Crippen LogP contribution in [0.1, 0.15) is 30.4 Å². The van der Waals surface area contributed by atoms with Crippen molar-refractivity contribution in [1.29, 1.82) is 0 Å². The molecule has 0 unspecified atom stereocenters. The SMILES string of the molecule is C[C@H]([C@H](C/C=C/c1ccc2ccccc2c1)c1ccc(Cl)cc1)N(C)c1ccc2ccccc2c1. The van der Waals surface area contributed by atoms with Gasteiger partial charge in [-0.15, -0.1) is 0 Å². The van der Waals surface area contributed by atoms with Crippen LogP contribution in [0.5, 0.6) is 0 Å². The van der Waals surface area contributed by atoms with E-state index in [0.29, 0.717) is 12.0 Å². The Hall–Kier alpha value is -3.55. The van der Waals surface area contributed by atoms with Gasteiger partial charge in [-0.05, 0) is 76.3 Å². The Kier molecular flexibility index (Phi) is 6.88. The lowest BCUT2D eigenvalue weighted by Crippen LogP contribution is -2.34. The number of fused-ring (bicyclic) bond motifs is 2. The zero-order valence-electron chi connectivity index (χ0n) is 20.2. The van der Waals surface area contributed by atoms with Crippen LogP contribution in [0.15, 0.2) is 115 Å². The van der Waals surface area contributed by atoms with Gasteiger partial charge in [0.2, 0.25) is 0 Å². The Balaban J connectivity index is 1.41. The van der Waals surface area contributed by atoms with Crippen LogP contribution in [0.4, 0.5) is 5.69 Å². The molecule has 0 radical (unpaired) electrons. The van der Waals surface area contributed by atoms with Gasteiger partial charge in [-0.1, -0.05) is 103 Å². The van der Waals surface area contributed by atoms with E-state index in [2.05, 4.69) is 128 Å². The highest BCUT2D eigenvalue weighted by molar-refractivity contribution is 6.30. The van der Waals surface area contributed by atoms with Crippen LogP contribution < -0.4 is 4.90 Å². The summed E-state index contributed by atoms with van der Waals surface area (Å²) in [5, 5.41) is 5.85. The largest absolute Gasteiger partial charge is 0.371 e. The van der Waals surface area contributed by atoms with Crippen molar-refractivity contribution in [3.8, 4) is 0 Å². The standard InChI is InChI=1S/C33H30ClN/c1-24(35(2)32-21-18-27-10-4-6-12-30(27)23-32)33(28-16-19-31(34)20-17-28)13-7-8-25-14-15-26-9-3-5-11-29(26)22-25/h3-12,14-24,33H,13H2,1-2H3/b8-7+/t24-,33+/m1/s1. The molecule has 174 valence electrons. The van der Waals surface area contributed by atoms with E-state index in [1.165, 1.54) is 38.4 Å². The van der Waals surface area contributed by atoms with Crippen LogP contribution >= 0.6 is 11.6 Å². The third kappa shape index (κ3) is 5.26. The second-order valence-electron chi connectivity index (χ2n) is 9.29. The Labute approximate surface area is 213 Å². The van der Waals surface area contributed by atoms with E-state index in [1.54, 1.807) is 0 Å². The highest BCUT2D eigenvalue weighted by Gasteiger charge is 2.22. The molecule has 0 fully saturated rings. The predicted octanol–water partition coefficient (Wildman–Crippen LogP) is 9.36. The molecule has 35 heavy (non-hydrogen) atoms. The van der Waals surface area contributed by atoms with Gasteiger partial charge in [0.15, 0.2) is 0 Å². The molecule has 2 atom stereocenters. The second kappa shape index (κ2) is 10.4. The fourth-order valence-electron chi connectivity index (χ4n) is 4.88. The number of hydrogen-bond acceptors (Lipinski definition) is 1. The summed E-state index contributed by atoms with van der Waals surface area (Å²) in [4.78, 5) is 2.40. The zero-order valence-corrected chi connectivity index (χ0v) is 21.0. The van der Waals surface area contributed by atoms with Crippen LogP contribution in [-0.4, -0.2) is 13.1 Å². The Morgan fingerprint density at radius 1 is 0.714 bits per heavy atom. The summed E-state index contributed by atoms with van der Waals surface area (Å²) in [5.41, 5.74) is 3.76. The van der Waals surface area contributed by atoms with Gasteiger partial charge >= 0.3 is 0 Å². The molecule has 0 saturated heterocycles. The molecule has 1 nitrogen and oxygen atoms in total. The zero-order chi connectivity index (χ0) is 24.2. The summed E-state index contributed by atoms with van der Waals surface area (Å²) in [5.74, 6) is 0.320. The predicted molar refractivity (Wildman–Crippen MR) is 154 cm³/mol. The molecule has 0 aliphatic rings. The number of nitrogens with zero attached hydrogens (tertiary/aromatic N) is 1. The molecule has 5 rings (SSSR count). The summed E-state index contributed by atoms with van der Waals surface area (Å²) in [6.07, 6.45) is 5.50. The van der Waals surface area contributed by atoms with Gasteiger partial charge < -0.3 is 4.90 Å². The smallest absolute Gasteiger partial charge is 0.0406 e. The summed E-state index contributed by atoms with van der Waals surface area (Å²) >= 11 is 6.22. The van der Waals surface area contributed by atoms with Gasteiger partial charge in [-0.3, -0.25) is 0 Å². The number of allylic oxidation sites excluding steroid dienone is 1. The Bertz CT molecular complexity index is 1470. The lowest BCUT2D eigenvalue weighted by Gasteiger charge is -2.34. The molecule has 0 heterocycles. The van der Waals surface area contributed by atoms with Crippen molar-refractivity contribution in [1.82, 2.24) is 0 Å². The topological polar surface area (TPSA) is 3.24 Å². The Morgan fingerprint density at radius 2 is 1.31 bits per heavy atom. The molecule has 5 aromatic carbocycles. The summed E-state index contributed by atoms with van der Waals surface area (Å²) in [7, 11) is 2.20. The van der Waals surface area contributed by atoms with Crippen molar-refractivity contribution in [2.24, 2.45) is 0 Å². The molecule has 5 aromatic rings. The van der Waals surface area contributed by atoms with Gasteiger partial charge in [0.05, 0.1) is 0 Å².